The average Bonchev–Trinajstić information content (AvgIpc) is 2.06. The van der Waals surface area contributed by atoms with E-state index < -0.39 is 11.7 Å². The molecule has 0 aliphatic carbocycles. The molecule has 4 heteroatoms. The number of phenols is 1. The summed E-state index contributed by atoms with van der Waals surface area (Å²) in [4.78, 5) is 0. The molecule has 0 aromatic heterocycles. The van der Waals surface area contributed by atoms with E-state index in [1.807, 2.05) is 0 Å². The second-order valence-corrected chi connectivity index (χ2v) is 3.34. The van der Waals surface area contributed by atoms with Crippen LogP contribution in [-0.4, -0.2) is 5.11 Å². The van der Waals surface area contributed by atoms with Crippen LogP contribution in [0, 0.1) is 20.8 Å². The van der Waals surface area contributed by atoms with Crippen LogP contribution in [0.15, 0.2) is 6.07 Å². The van der Waals surface area contributed by atoms with Gasteiger partial charge in [-0.15, -0.1) is 0 Å². The molecule has 0 radical (unpaired) electrons. The number of rotatable bonds is 0. The number of benzene rings is 1. The Balaban J connectivity index is 3.49. The van der Waals surface area contributed by atoms with Crippen molar-refractivity contribution in [2.45, 2.75) is 26.9 Å². The van der Waals surface area contributed by atoms with E-state index in [1.54, 1.807) is 0 Å². The summed E-state index contributed by atoms with van der Waals surface area (Å²) in [5.41, 5.74) is -0.0522. The van der Waals surface area contributed by atoms with Gasteiger partial charge in [0.2, 0.25) is 0 Å². The van der Waals surface area contributed by atoms with E-state index in [0.29, 0.717) is 0 Å². The Hall–Kier alpha value is -1.19. The van der Waals surface area contributed by atoms with Gasteiger partial charge in [0, 0.05) is 0 Å². The van der Waals surface area contributed by atoms with Crippen molar-refractivity contribution in [3.05, 3.63) is 28.3 Å². The molecule has 1 nitrogen and oxygen atoms in total. The SMILES string of the molecule is Cc1cc(C(F)(F)F)c(C)c(C)c1O. The minimum Gasteiger partial charge on any atom is -0.507 e. The molecule has 0 bridgehead atoms. The number of halogens is 3. The Morgan fingerprint density at radius 2 is 1.57 bits per heavy atom. The first-order valence-electron chi connectivity index (χ1n) is 4.12. The molecule has 78 valence electrons. The molecule has 0 aliphatic rings. The molecule has 0 fully saturated rings. The van der Waals surface area contributed by atoms with Crippen LogP contribution in [-0.2, 0) is 6.18 Å². The predicted molar refractivity (Wildman–Crippen MR) is 47.3 cm³/mol. The van der Waals surface area contributed by atoms with Crippen LogP contribution < -0.4 is 0 Å². The molecule has 0 spiro atoms. The predicted octanol–water partition coefficient (Wildman–Crippen LogP) is 3.34. The van der Waals surface area contributed by atoms with E-state index in [9.17, 15) is 18.3 Å². The molecular weight excluding hydrogens is 193 g/mol. The quantitative estimate of drug-likeness (QED) is 0.687. The summed E-state index contributed by atoms with van der Waals surface area (Å²) in [5.74, 6) is -0.0597. The number of hydrogen-bond acceptors (Lipinski definition) is 1. The molecule has 0 heterocycles. The minimum atomic E-state index is -4.35. The standard InChI is InChI=1S/C10H11F3O/c1-5-4-8(10(11,12)13)6(2)7(3)9(5)14/h4,14H,1-3H3. The summed E-state index contributed by atoms with van der Waals surface area (Å²) in [5, 5.41) is 9.41. The van der Waals surface area contributed by atoms with E-state index in [4.69, 9.17) is 0 Å². The van der Waals surface area contributed by atoms with Crippen molar-refractivity contribution in [3.8, 4) is 5.75 Å². The summed E-state index contributed by atoms with van der Waals surface area (Å²) in [6.07, 6.45) is -4.35. The monoisotopic (exact) mass is 204 g/mol. The molecule has 0 saturated carbocycles. The molecule has 14 heavy (non-hydrogen) atoms. The van der Waals surface area contributed by atoms with Crippen LogP contribution in [0.5, 0.6) is 5.75 Å². The van der Waals surface area contributed by atoms with Crippen LogP contribution in [0.25, 0.3) is 0 Å². The first kappa shape index (κ1) is 10.9. The summed E-state index contributed by atoms with van der Waals surface area (Å²) in [6, 6.07) is 0.970. The van der Waals surface area contributed by atoms with Crippen LogP contribution in [0.3, 0.4) is 0 Å². The molecule has 0 saturated heterocycles. The van der Waals surface area contributed by atoms with Crippen LogP contribution in [0.1, 0.15) is 22.3 Å². The van der Waals surface area contributed by atoms with Gasteiger partial charge in [0.1, 0.15) is 5.75 Å². The third kappa shape index (κ3) is 1.69. The van der Waals surface area contributed by atoms with Gasteiger partial charge in [0.05, 0.1) is 5.56 Å². The zero-order valence-electron chi connectivity index (χ0n) is 8.16. The highest BCUT2D eigenvalue weighted by molar-refractivity contribution is 5.48. The Morgan fingerprint density at radius 3 is 2.00 bits per heavy atom. The van der Waals surface area contributed by atoms with Gasteiger partial charge in [-0.25, -0.2) is 0 Å². The maximum absolute atomic E-state index is 12.5. The van der Waals surface area contributed by atoms with Gasteiger partial charge >= 0.3 is 6.18 Å². The van der Waals surface area contributed by atoms with Crippen LogP contribution in [0.4, 0.5) is 13.2 Å². The number of hydrogen-bond donors (Lipinski definition) is 1. The Morgan fingerprint density at radius 1 is 1.07 bits per heavy atom. The van der Waals surface area contributed by atoms with Gasteiger partial charge in [-0.2, -0.15) is 13.2 Å². The van der Waals surface area contributed by atoms with Crippen LogP contribution in [0.2, 0.25) is 0 Å². The van der Waals surface area contributed by atoms with Crippen molar-refractivity contribution >= 4 is 0 Å². The van der Waals surface area contributed by atoms with Crippen molar-refractivity contribution < 1.29 is 18.3 Å². The second kappa shape index (κ2) is 3.19. The molecule has 1 aromatic carbocycles. The Kier molecular flexibility index (Phi) is 2.48. The van der Waals surface area contributed by atoms with Gasteiger partial charge in [-0.1, -0.05) is 0 Å². The molecule has 0 aliphatic heterocycles. The van der Waals surface area contributed by atoms with E-state index in [-0.39, 0.29) is 22.4 Å². The maximum Gasteiger partial charge on any atom is 0.416 e. The van der Waals surface area contributed by atoms with Gasteiger partial charge in [-0.3, -0.25) is 0 Å². The number of phenolic OH excluding ortho intramolecular Hbond substituents is 1. The molecule has 1 aromatic rings. The van der Waals surface area contributed by atoms with Crippen molar-refractivity contribution in [2.24, 2.45) is 0 Å². The van der Waals surface area contributed by atoms with Gasteiger partial charge in [0.25, 0.3) is 0 Å². The second-order valence-electron chi connectivity index (χ2n) is 3.34. The average molecular weight is 204 g/mol. The summed E-state index contributed by atoms with van der Waals surface area (Å²) in [7, 11) is 0. The molecular formula is C10H11F3O. The zero-order chi connectivity index (χ0) is 11.1. The number of aromatic hydroxyl groups is 1. The van der Waals surface area contributed by atoms with Crippen LogP contribution >= 0.6 is 0 Å². The van der Waals surface area contributed by atoms with Gasteiger partial charge < -0.3 is 5.11 Å². The largest absolute Gasteiger partial charge is 0.507 e. The van der Waals surface area contributed by atoms with Crippen molar-refractivity contribution in [1.82, 2.24) is 0 Å². The fourth-order valence-electron chi connectivity index (χ4n) is 1.36. The smallest absolute Gasteiger partial charge is 0.416 e. The highest BCUT2D eigenvalue weighted by Gasteiger charge is 2.33. The Labute approximate surface area is 80.2 Å². The normalized spacial score (nSPS) is 11.9. The minimum absolute atomic E-state index is 0.0597. The van der Waals surface area contributed by atoms with Crippen molar-refractivity contribution in [2.75, 3.05) is 0 Å². The molecule has 1 N–H and O–H groups in total. The first-order valence-corrected chi connectivity index (χ1v) is 4.12. The van der Waals surface area contributed by atoms with Gasteiger partial charge in [0.15, 0.2) is 0 Å². The molecule has 1 rings (SSSR count). The van der Waals surface area contributed by atoms with Crippen molar-refractivity contribution in [3.63, 3.8) is 0 Å². The fraction of sp³-hybridized carbons (Fsp3) is 0.400. The summed E-state index contributed by atoms with van der Waals surface area (Å²) < 4.78 is 37.4. The van der Waals surface area contributed by atoms with E-state index in [0.717, 1.165) is 6.07 Å². The Bertz CT molecular complexity index is 367. The first-order chi connectivity index (χ1) is 6.25. The number of alkyl halides is 3. The lowest BCUT2D eigenvalue weighted by atomic mass is 9.98. The lowest BCUT2D eigenvalue weighted by Gasteiger charge is -2.15. The topological polar surface area (TPSA) is 20.2 Å². The zero-order valence-corrected chi connectivity index (χ0v) is 8.16. The third-order valence-corrected chi connectivity index (χ3v) is 2.36. The molecule has 0 unspecified atom stereocenters. The van der Waals surface area contributed by atoms with E-state index >= 15 is 0 Å². The van der Waals surface area contributed by atoms with Crippen molar-refractivity contribution in [1.29, 1.82) is 0 Å². The van der Waals surface area contributed by atoms with E-state index in [2.05, 4.69) is 0 Å². The molecule has 0 amide bonds. The van der Waals surface area contributed by atoms with Gasteiger partial charge in [-0.05, 0) is 43.5 Å². The lowest BCUT2D eigenvalue weighted by Crippen LogP contribution is -2.09. The summed E-state index contributed by atoms with van der Waals surface area (Å²) in [6.45, 7) is 4.29. The molecule has 0 atom stereocenters. The summed E-state index contributed by atoms with van der Waals surface area (Å²) >= 11 is 0. The lowest BCUT2D eigenvalue weighted by molar-refractivity contribution is -0.138. The highest BCUT2D eigenvalue weighted by atomic mass is 19.4. The fourth-order valence-corrected chi connectivity index (χ4v) is 1.36. The third-order valence-electron chi connectivity index (χ3n) is 2.36. The van der Waals surface area contributed by atoms with E-state index in [1.165, 1.54) is 20.8 Å². The highest BCUT2D eigenvalue weighted by Crippen LogP contribution is 2.37. The maximum atomic E-state index is 12.5. The number of aryl methyl sites for hydroxylation is 1.